The third kappa shape index (κ3) is 7.78. The monoisotopic (exact) mass is 432 g/mol. The lowest BCUT2D eigenvalue weighted by atomic mass is 9.64. The van der Waals surface area contributed by atoms with Crippen molar-refractivity contribution in [1.82, 2.24) is 0 Å². The Kier molecular flexibility index (Phi) is 10.7. The predicted octanol–water partition coefficient (Wildman–Crippen LogP) is 8.72. The van der Waals surface area contributed by atoms with Crippen LogP contribution >= 0.6 is 0 Å². The van der Waals surface area contributed by atoms with Crippen molar-refractivity contribution >= 4 is 5.97 Å². The van der Waals surface area contributed by atoms with Gasteiger partial charge in [0.15, 0.2) is 0 Å². The molecule has 0 amide bonds. The largest absolute Gasteiger partial charge is 0.462 e. The summed E-state index contributed by atoms with van der Waals surface area (Å²) in [6.07, 6.45) is 23.7. The molecule has 0 bridgehead atoms. The molecule has 180 valence electrons. The van der Waals surface area contributed by atoms with Crippen molar-refractivity contribution in [3.8, 4) is 0 Å². The van der Waals surface area contributed by atoms with Crippen LogP contribution in [-0.2, 0) is 9.53 Å². The van der Waals surface area contributed by atoms with Gasteiger partial charge in [0.1, 0.15) is 6.10 Å². The maximum absolute atomic E-state index is 12.8. The highest BCUT2D eigenvalue weighted by Crippen LogP contribution is 2.45. The van der Waals surface area contributed by atoms with Crippen molar-refractivity contribution in [3.63, 3.8) is 0 Å². The second kappa shape index (κ2) is 13.2. The topological polar surface area (TPSA) is 26.3 Å². The Hall–Kier alpha value is -0.530. The summed E-state index contributed by atoms with van der Waals surface area (Å²) in [6, 6.07) is 0. The molecule has 2 heteroatoms. The molecule has 0 spiro atoms. The number of esters is 1. The van der Waals surface area contributed by atoms with Crippen LogP contribution in [0.5, 0.6) is 0 Å². The van der Waals surface area contributed by atoms with Gasteiger partial charge in [0.25, 0.3) is 0 Å². The summed E-state index contributed by atoms with van der Waals surface area (Å²) >= 11 is 0. The molecule has 0 radical (unpaired) electrons. The van der Waals surface area contributed by atoms with E-state index < -0.39 is 0 Å². The molecule has 0 unspecified atom stereocenters. The van der Waals surface area contributed by atoms with Crippen molar-refractivity contribution in [1.29, 1.82) is 0 Å². The van der Waals surface area contributed by atoms with Gasteiger partial charge in [-0.2, -0.15) is 0 Å². The normalized spacial score (nSPS) is 36.8. The minimum absolute atomic E-state index is 0.142. The van der Waals surface area contributed by atoms with E-state index in [0.29, 0.717) is 0 Å². The molecule has 3 aliphatic carbocycles. The number of carbonyl (C=O) groups is 1. The van der Waals surface area contributed by atoms with Crippen molar-refractivity contribution in [2.45, 2.75) is 142 Å². The van der Waals surface area contributed by atoms with Crippen LogP contribution in [0.1, 0.15) is 136 Å². The lowest BCUT2D eigenvalue weighted by Gasteiger charge is -2.41. The Balaban J connectivity index is 1.33. The molecule has 0 aromatic heterocycles. The molecule has 0 aromatic carbocycles. The van der Waals surface area contributed by atoms with Gasteiger partial charge >= 0.3 is 5.97 Å². The van der Waals surface area contributed by atoms with Crippen LogP contribution in [0.4, 0.5) is 0 Å². The van der Waals surface area contributed by atoms with Crippen LogP contribution in [0.25, 0.3) is 0 Å². The average Bonchev–Trinajstić information content (AvgIpc) is 2.79. The molecule has 3 fully saturated rings. The number of unbranched alkanes of at least 4 members (excludes halogenated alkanes) is 3. The third-order valence-corrected chi connectivity index (χ3v) is 9.31. The zero-order valence-corrected chi connectivity index (χ0v) is 21.1. The maximum Gasteiger partial charge on any atom is 0.309 e. The van der Waals surface area contributed by atoms with Gasteiger partial charge in [0.2, 0.25) is 0 Å². The summed E-state index contributed by atoms with van der Waals surface area (Å²) in [4.78, 5) is 12.8. The third-order valence-electron chi connectivity index (χ3n) is 9.31. The summed E-state index contributed by atoms with van der Waals surface area (Å²) in [6.45, 7) is 7.11. The van der Waals surface area contributed by atoms with E-state index in [-0.39, 0.29) is 18.0 Å². The van der Waals surface area contributed by atoms with E-state index in [0.717, 1.165) is 55.3 Å². The van der Waals surface area contributed by atoms with Gasteiger partial charge in [0.05, 0.1) is 5.92 Å². The SMILES string of the molecule is CCCCC[C@H]1CC[C@@H]([C@H]2CC[C@H](C(=O)OC3CCC(CCCC)CC3)CC2)[C@H](C)C1. The Labute approximate surface area is 193 Å². The number of ether oxygens (including phenoxy) is 1. The van der Waals surface area contributed by atoms with Crippen LogP contribution in [0, 0.1) is 35.5 Å². The van der Waals surface area contributed by atoms with Crippen molar-refractivity contribution in [2.75, 3.05) is 0 Å². The highest BCUT2D eigenvalue weighted by Gasteiger charge is 2.37. The van der Waals surface area contributed by atoms with Gasteiger partial charge in [-0.25, -0.2) is 0 Å². The maximum atomic E-state index is 12.8. The molecule has 0 heterocycles. The van der Waals surface area contributed by atoms with Gasteiger partial charge in [-0.1, -0.05) is 72.1 Å². The highest BCUT2D eigenvalue weighted by atomic mass is 16.5. The highest BCUT2D eigenvalue weighted by molar-refractivity contribution is 5.72. The van der Waals surface area contributed by atoms with Gasteiger partial charge in [-0.15, -0.1) is 0 Å². The Bertz CT molecular complexity index is 499. The Morgan fingerprint density at radius 1 is 0.742 bits per heavy atom. The van der Waals surface area contributed by atoms with E-state index in [9.17, 15) is 4.79 Å². The Morgan fingerprint density at radius 3 is 2.03 bits per heavy atom. The summed E-state index contributed by atoms with van der Waals surface area (Å²) in [7, 11) is 0. The van der Waals surface area contributed by atoms with Crippen LogP contribution in [0.15, 0.2) is 0 Å². The molecular formula is C29H52O2. The second-order valence-corrected chi connectivity index (χ2v) is 11.6. The van der Waals surface area contributed by atoms with E-state index in [1.165, 1.54) is 89.9 Å². The van der Waals surface area contributed by atoms with Crippen molar-refractivity contribution in [2.24, 2.45) is 35.5 Å². The first kappa shape index (κ1) is 25.1. The molecular weight excluding hydrogens is 380 g/mol. The summed E-state index contributed by atoms with van der Waals surface area (Å²) < 4.78 is 6.01. The van der Waals surface area contributed by atoms with Gasteiger partial charge in [-0.05, 0) is 93.8 Å². The minimum atomic E-state index is 0.142. The molecule has 3 atom stereocenters. The molecule has 0 saturated heterocycles. The Morgan fingerprint density at radius 2 is 1.39 bits per heavy atom. The molecule has 3 saturated carbocycles. The number of rotatable bonds is 10. The molecule has 3 rings (SSSR count). The summed E-state index contributed by atoms with van der Waals surface area (Å²) in [5.41, 5.74) is 0. The van der Waals surface area contributed by atoms with E-state index in [4.69, 9.17) is 4.74 Å². The van der Waals surface area contributed by atoms with Gasteiger partial charge in [-0.3, -0.25) is 4.79 Å². The summed E-state index contributed by atoms with van der Waals surface area (Å²) in [5.74, 6) is 4.87. The molecule has 2 nitrogen and oxygen atoms in total. The first-order valence-electron chi connectivity index (χ1n) is 14.3. The smallest absolute Gasteiger partial charge is 0.309 e. The van der Waals surface area contributed by atoms with Crippen LogP contribution in [0.3, 0.4) is 0 Å². The van der Waals surface area contributed by atoms with Gasteiger partial charge in [0, 0.05) is 0 Å². The van der Waals surface area contributed by atoms with E-state index >= 15 is 0 Å². The van der Waals surface area contributed by atoms with Gasteiger partial charge < -0.3 is 4.74 Å². The van der Waals surface area contributed by atoms with Crippen LogP contribution in [0.2, 0.25) is 0 Å². The fraction of sp³-hybridized carbons (Fsp3) is 0.966. The number of hydrogen-bond donors (Lipinski definition) is 0. The molecule has 31 heavy (non-hydrogen) atoms. The minimum Gasteiger partial charge on any atom is -0.462 e. The molecule has 0 N–H and O–H groups in total. The second-order valence-electron chi connectivity index (χ2n) is 11.6. The fourth-order valence-electron chi connectivity index (χ4n) is 7.25. The van der Waals surface area contributed by atoms with E-state index in [2.05, 4.69) is 20.8 Å². The predicted molar refractivity (Wildman–Crippen MR) is 131 cm³/mol. The quantitative estimate of drug-likeness (QED) is 0.255. The van der Waals surface area contributed by atoms with Crippen LogP contribution < -0.4 is 0 Å². The lowest BCUT2D eigenvalue weighted by Crippen LogP contribution is -2.34. The standard InChI is InChI=1S/C29H52O2/c1-4-6-8-10-24-13-20-28(22(3)21-24)25-14-16-26(17-15-25)29(30)31-27-18-11-23(12-19-27)9-7-5-2/h22-28H,4-21H2,1-3H3/t22-,23?,24+,25-,26-,27?,28-/m1/s1. The average molecular weight is 433 g/mol. The number of carbonyl (C=O) groups excluding carboxylic acids is 1. The number of hydrogen-bond acceptors (Lipinski definition) is 2. The lowest BCUT2D eigenvalue weighted by molar-refractivity contribution is -0.157. The molecule has 3 aliphatic rings. The van der Waals surface area contributed by atoms with E-state index in [1.54, 1.807) is 0 Å². The van der Waals surface area contributed by atoms with E-state index in [1.807, 2.05) is 0 Å². The first-order chi connectivity index (χ1) is 15.1. The molecule has 0 aliphatic heterocycles. The zero-order chi connectivity index (χ0) is 22.1. The fourth-order valence-corrected chi connectivity index (χ4v) is 7.25. The van der Waals surface area contributed by atoms with Crippen molar-refractivity contribution < 1.29 is 9.53 Å². The zero-order valence-electron chi connectivity index (χ0n) is 21.1. The summed E-state index contributed by atoms with van der Waals surface area (Å²) in [5, 5.41) is 0. The molecule has 0 aromatic rings. The van der Waals surface area contributed by atoms with Crippen LogP contribution in [-0.4, -0.2) is 12.1 Å². The first-order valence-corrected chi connectivity index (χ1v) is 14.3. The van der Waals surface area contributed by atoms with Crippen molar-refractivity contribution in [3.05, 3.63) is 0 Å².